The minimum Gasteiger partial charge on any atom is -0.404 e. The fraction of sp³-hybridized carbons (Fsp3) is 0.500. The van der Waals surface area contributed by atoms with Gasteiger partial charge in [-0.2, -0.15) is 0 Å². The van der Waals surface area contributed by atoms with Gasteiger partial charge in [0.05, 0.1) is 5.69 Å². The first-order valence-electron chi connectivity index (χ1n) is 5.71. The van der Waals surface area contributed by atoms with Gasteiger partial charge in [0.1, 0.15) is 0 Å². The monoisotopic (exact) mass is 325 g/mol. The van der Waals surface area contributed by atoms with Crippen molar-refractivity contribution in [3.63, 3.8) is 0 Å². The molecule has 18 heavy (non-hydrogen) atoms. The van der Waals surface area contributed by atoms with Crippen LogP contribution in [-0.2, 0) is 0 Å². The van der Waals surface area contributed by atoms with Crippen LogP contribution in [0.4, 0.5) is 18.9 Å². The Morgan fingerprint density at radius 1 is 1.28 bits per heavy atom. The summed E-state index contributed by atoms with van der Waals surface area (Å²) in [6, 6.07) is 4.54. The maximum absolute atomic E-state index is 12.2. The highest BCUT2D eigenvalue weighted by molar-refractivity contribution is 9.10. The molecular formula is C12H15BrF3NO. The van der Waals surface area contributed by atoms with E-state index in [2.05, 4.69) is 32.9 Å². The summed E-state index contributed by atoms with van der Waals surface area (Å²) < 4.78 is 41.2. The average molecular weight is 326 g/mol. The molecule has 0 aromatic heterocycles. The topological polar surface area (TPSA) is 21.3 Å². The van der Waals surface area contributed by atoms with E-state index in [1.54, 1.807) is 12.1 Å². The fourth-order valence-electron chi connectivity index (χ4n) is 1.45. The van der Waals surface area contributed by atoms with Crippen LogP contribution in [0.15, 0.2) is 22.7 Å². The van der Waals surface area contributed by atoms with Gasteiger partial charge in [-0.25, -0.2) is 0 Å². The van der Waals surface area contributed by atoms with Gasteiger partial charge in [-0.15, -0.1) is 13.2 Å². The van der Waals surface area contributed by atoms with Crippen LogP contribution in [0.3, 0.4) is 0 Å². The van der Waals surface area contributed by atoms with Crippen molar-refractivity contribution in [1.82, 2.24) is 0 Å². The molecular weight excluding hydrogens is 311 g/mol. The van der Waals surface area contributed by atoms with E-state index in [1.165, 1.54) is 6.07 Å². The lowest BCUT2D eigenvalue weighted by Gasteiger charge is -2.15. The van der Waals surface area contributed by atoms with Crippen LogP contribution in [0.2, 0.25) is 0 Å². The zero-order valence-electron chi connectivity index (χ0n) is 9.98. The molecule has 0 spiro atoms. The Labute approximate surface area is 113 Å². The van der Waals surface area contributed by atoms with Crippen molar-refractivity contribution in [2.24, 2.45) is 0 Å². The Bertz CT molecular complexity index is 382. The summed E-state index contributed by atoms with van der Waals surface area (Å²) in [5.74, 6) is -0.214. The van der Waals surface area contributed by atoms with Crippen molar-refractivity contribution in [2.45, 2.75) is 32.5 Å². The zero-order valence-corrected chi connectivity index (χ0v) is 11.6. The molecule has 0 aliphatic heterocycles. The third-order valence-corrected chi connectivity index (χ3v) is 2.76. The normalized spacial score (nSPS) is 11.4. The van der Waals surface area contributed by atoms with E-state index >= 15 is 0 Å². The first kappa shape index (κ1) is 15.1. The van der Waals surface area contributed by atoms with Gasteiger partial charge in [-0.3, -0.25) is 0 Å². The van der Waals surface area contributed by atoms with Crippen molar-refractivity contribution >= 4 is 21.6 Å². The van der Waals surface area contributed by atoms with Gasteiger partial charge >= 0.3 is 6.36 Å². The molecule has 2 nitrogen and oxygen atoms in total. The predicted octanol–water partition coefficient (Wildman–Crippen LogP) is 4.95. The molecule has 0 bridgehead atoms. The molecule has 1 aromatic carbocycles. The van der Waals surface area contributed by atoms with E-state index in [4.69, 9.17) is 0 Å². The number of alkyl halides is 3. The summed E-state index contributed by atoms with van der Waals surface area (Å²) in [6.07, 6.45) is -1.66. The largest absolute Gasteiger partial charge is 0.573 e. The van der Waals surface area contributed by atoms with Crippen LogP contribution < -0.4 is 10.1 Å². The smallest absolute Gasteiger partial charge is 0.404 e. The van der Waals surface area contributed by atoms with Crippen LogP contribution >= 0.6 is 15.9 Å². The molecule has 0 fully saturated rings. The molecule has 1 N–H and O–H groups in total. The number of hydrogen-bond donors (Lipinski definition) is 1. The van der Waals surface area contributed by atoms with Crippen LogP contribution in [0.1, 0.15) is 26.2 Å². The molecule has 0 saturated heterocycles. The molecule has 0 amide bonds. The Kier molecular flexibility index (Phi) is 5.78. The molecule has 1 aromatic rings. The highest BCUT2D eigenvalue weighted by Crippen LogP contribution is 2.32. The molecule has 0 atom stereocenters. The minimum absolute atomic E-state index is 0.214. The number of unbranched alkanes of at least 4 members (excludes halogenated alkanes) is 2. The highest BCUT2D eigenvalue weighted by Gasteiger charge is 2.32. The minimum atomic E-state index is -4.68. The van der Waals surface area contributed by atoms with Gasteiger partial charge in [0.25, 0.3) is 0 Å². The quantitative estimate of drug-likeness (QED) is 0.747. The molecule has 0 saturated carbocycles. The summed E-state index contributed by atoms with van der Waals surface area (Å²) >= 11 is 3.12. The maximum atomic E-state index is 12.2. The number of anilines is 1. The second-order valence-electron chi connectivity index (χ2n) is 3.82. The zero-order chi connectivity index (χ0) is 13.6. The van der Waals surface area contributed by atoms with Crippen molar-refractivity contribution < 1.29 is 17.9 Å². The third-order valence-electron chi connectivity index (χ3n) is 2.27. The number of hydrogen-bond acceptors (Lipinski definition) is 2. The van der Waals surface area contributed by atoms with Gasteiger partial charge in [0.2, 0.25) is 0 Å². The van der Waals surface area contributed by atoms with E-state index in [-0.39, 0.29) is 5.75 Å². The summed E-state index contributed by atoms with van der Waals surface area (Å²) in [7, 11) is 0. The molecule has 0 unspecified atom stereocenters. The van der Waals surface area contributed by atoms with E-state index in [0.717, 1.165) is 19.3 Å². The van der Waals surface area contributed by atoms with E-state index in [9.17, 15) is 13.2 Å². The number of benzene rings is 1. The summed E-state index contributed by atoms with van der Waals surface area (Å²) in [4.78, 5) is 0. The summed E-state index contributed by atoms with van der Waals surface area (Å²) in [5, 5.41) is 2.95. The second-order valence-corrected chi connectivity index (χ2v) is 4.74. The van der Waals surface area contributed by atoms with Crippen molar-refractivity contribution in [1.29, 1.82) is 0 Å². The van der Waals surface area contributed by atoms with Crippen LogP contribution in [-0.4, -0.2) is 12.9 Å². The van der Waals surface area contributed by atoms with E-state index in [0.29, 0.717) is 16.7 Å². The second kappa shape index (κ2) is 6.87. The van der Waals surface area contributed by atoms with Crippen LogP contribution in [0.25, 0.3) is 0 Å². The average Bonchev–Trinajstić information content (AvgIpc) is 2.24. The van der Waals surface area contributed by atoms with Gasteiger partial charge in [-0.1, -0.05) is 35.7 Å². The standard InChI is InChI=1S/C12H15BrF3NO/c1-2-3-4-7-17-10-6-5-9(13)8-11(10)18-12(14,15)16/h5-6,8,17H,2-4,7H2,1H3. The fourth-order valence-corrected chi connectivity index (χ4v) is 1.79. The molecule has 102 valence electrons. The molecule has 6 heteroatoms. The van der Waals surface area contributed by atoms with Gasteiger partial charge in [0.15, 0.2) is 5.75 Å². The van der Waals surface area contributed by atoms with Crippen molar-refractivity contribution in [2.75, 3.05) is 11.9 Å². The lowest BCUT2D eigenvalue weighted by Crippen LogP contribution is -2.18. The van der Waals surface area contributed by atoms with Crippen LogP contribution in [0, 0.1) is 0 Å². The molecule has 0 radical (unpaired) electrons. The van der Waals surface area contributed by atoms with E-state index < -0.39 is 6.36 Å². The van der Waals surface area contributed by atoms with Crippen molar-refractivity contribution in [3.05, 3.63) is 22.7 Å². The Morgan fingerprint density at radius 2 is 2.00 bits per heavy atom. The number of nitrogens with one attached hydrogen (secondary N) is 1. The SMILES string of the molecule is CCCCCNc1ccc(Br)cc1OC(F)(F)F. The Hall–Kier alpha value is -0.910. The van der Waals surface area contributed by atoms with Gasteiger partial charge < -0.3 is 10.1 Å². The van der Waals surface area contributed by atoms with E-state index in [1.807, 2.05) is 0 Å². The lowest BCUT2D eigenvalue weighted by molar-refractivity contribution is -0.274. The Balaban J connectivity index is 2.70. The number of ether oxygens (including phenoxy) is 1. The third kappa shape index (κ3) is 5.62. The van der Waals surface area contributed by atoms with Gasteiger partial charge in [-0.05, 0) is 24.6 Å². The summed E-state index contributed by atoms with van der Waals surface area (Å²) in [5.41, 5.74) is 0.353. The first-order chi connectivity index (χ1) is 8.42. The highest BCUT2D eigenvalue weighted by atomic mass is 79.9. The predicted molar refractivity (Wildman–Crippen MR) is 68.8 cm³/mol. The first-order valence-corrected chi connectivity index (χ1v) is 6.51. The molecule has 0 aliphatic rings. The lowest BCUT2D eigenvalue weighted by atomic mass is 10.2. The molecule has 1 rings (SSSR count). The summed E-state index contributed by atoms with van der Waals surface area (Å²) in [6.45, 7) is 2.70. The van der Waals surface area contributed by atoms with Crippen molar-refractivity contribution in [3.8, 4) is 5.75 Å². The van der Waals surface area contributed by atoms with Gasteiger partial charge in [0, 0.05) is 11.0 Å². The molecule has 0 heterocycles. The number of halogens is 4. The van der Waals surface area contributed by atoms with Crippen LogP contribution in [0.5, 0.6) is 5.75 Å². The Morgan fingerprint density at radius 3 is 2.61 bits per heavy atom. The molecule has 0 aliphatic carbocycles. The maximum Gasteiger partial charge on any atom is 0.573 e. The number of rotatable bonds is 6.